The van der Waals surface area contributed by atoms with E-state index < -0.39 is 0 Å². The summed E-state index contributed by atoms with van der Waals surface area (Å²) in [4.78, 5) is 33.3. The van der Waals surface area contributed by atoms with Crippen molar-refractivity contribution in [2.24, 2.45) is 0 Å². The predicted molar refractivity (Wildman–Crippen MR) is 98.7 cm³/mol. The summed E-state index contributed by atoms with van der Waals surface area (Å²) in [5.41, 5.74) is 0.577. The lowest BCUT2D eigenvalue weighted by molar-refractivity contribution is 0.0746. The second-order valence-electron chi connectivity index (χ2n) is 5.99. The van der Waals surface area contributed by atoms with Crippen molar-refractivity contribution in [3.8, 4) is 11.8 Å². The lowest BCUT2D eigenvalue weighted by atomic mass is 10.1. The number of hydrogen-bond donors (Lipinski definition) is 0. The smallest absolute Gasteiger partial charge is 0.321 e. The normalized spacial score (nSPS) is 14.1. The Morgan fingerprint density at radius 3 is 2.22 bits per heavy atom. The van der Waals surface area contributed by atoms with E-state index in [1.165, 1.54) is 0 Å². The van der Waals surface area contributed by atoms with Gasteiger partial charge in [0.2, 0.25) is 5.95 Å². The lowest BCUT2D eigenvalue weighted by Crippen LogP contribution is -2.49. The first-order chi connectivity index (χ1) is 13.3. The second-order valence-corrected chi connectivity index (χ2v) is 5.99. The zero-order chi connectivity index (χ0) is 18.5. The van der Waals surface area contributed by atoms with Gasteiger partial charge in [0, 0.05) is 56.5 Å². The summed E-state index contributed by atoms with van der Waals surface area (Å²) in [5, 5.41) is 0. The van der Waals surface area contributed by atoms with Gasteiger partial charge in [0.1, 0.15) is 5.75 Å². The highest BCUT2D eigenvalue weighted by Gasteiger charge is 2.23. The molecule has 0 spiro atoms. The van der Waals surface area contributed by atoms with Crippen LogP contribution in [0.5, 0.6) is 11.8 Å². The third kappa shape index (κ3) is 4.00. The van der Waals surface area contributed by atoms with Crippen LogP contribution >= 0.6 is 0 Å². The van der Waals surface area contributed by atoms with Gasteiger partial charge < -0.3 is 14.5 Å². The van der Waals surface area contributed by atoms with Gasteiger partial charge in [0.25, 0.3) is 5.91 Å². The molecule has 0 saturated carbocycles. The first-order valence-corrected chi connectivity index (χ1v) is 8.66. The number of carbonyl (C=O) groups is 1. The summed E-state index contributed by atoms with van der Waals surface area (Å²) in [6, 6.07) is 10.8. The van der Waals surface area contributed by atoms with Gasteiger partial charge in [-0.3, -0.25) is 4.79 Å². The fourth-order valence-corrected chi connectivity index (χ4v) is 2.88. The number of amides is 1. The molecule has 3 heterocycles. The number of benzene rings is 1. The summed E-state index contributed by atoms with van der Waals surface area (Å²) in [6.45, 7) is 2.63. The Hall–Kier alpha value is -3.55. The van der Waals surface area contributed by atoms with Crippen molar-refractivity contribution in [2.45, 2.75) is 0 Å². The minimum Gasteiger partial charge on any atom is -0.424 e. The van der Waals surface area contributed by atoms with E-state index in [0.29, 0.717) is 43.4 Å². The van der Waals surface area contributed by atoms with E-state index >= 15 is 0 Å². The van der Waals surface area contributed by atoms with Crippen LogP contribution in [-0.4, -0.2) is 56.9 Å². The third-order valence-corrected chi connectivity index (χ3v) is 4.23. The molecule has 8 heteroatoms. The summed E-state index contributed by atoms with van der Waals surface area (Å²) in [5.74, 6) is 1.20. The van der Waals surface area contributed by atoms with Crippen LogP contribution in [0.15, 0.2) is 61.2 Å². The maximum Gasteiger partial charge on any atom is 0.321 e. The number of anilines is 1. The molecular weight excluding hydrogens is 344 g/mol. The summed E-state index contributed by atoms with van der Waals surface area (Å²) in [7, 11) is 0. The van der Waals surface area contributed by atoms with Crippen molar-refractivity contribution in [1.82, 2.24) is 24.8 Å². The number of aromatic nitrogens is 4. The van der Waals surface area contributed by atoms with E-state index in [4.69, 9.17) is 4.74 Å². The molecule has 1 aromatic carbocycles. The van der Waals surface area contributed by atoms with Crippen LogP contribution in [0.3, 0.4) is 0 Å². The summed E-state index contributed by atoms with van der Waals surface area (Å²) in [6.07, 6.45) is 6.66. The van der Waals surface area contributed by atoms with Crippen LogP contribution in [0.4, 0.5) is 5.95 Å². The number of hydrogen-bond acceptors (Lipinski definition) is 7. The Morgan fingerprint density at radius 2 is 1.52 bits per heavy atom. The van der Waals surface area contributed by atoms with E-state index in [1.807, 2.05) is 4.90 Å². The van der Waals surface area contributed by atoms with E-state index in [1.54, 1.807) is 61.2 Å². The summed E-state index contributed by atoms with van der Waals surface area (Å²) >= 11 is 0. The molecule has 1 saturated heterocycles. The quantitative estimate of drug-likeness (QED) is 0.702. The Labute approximate surface area is 156 Å². The molecule has 0 atom stereocenters. The molecule has 136 valence electrons. The standard InChI is InChI=1S/C19H18N6O2/c26-17(24-10-12-25(13-11-24)18-20-6-2-7-21-18)15-4-1-5-16(14-15)27-19-22-8-3-9-23-19/h1-9,14H,10-13H2. The predicted octanol–water partition coefficient (Wildman–Crippen LogP) is 2.02. The zero-order valence-electron chi connectivity index (χ0n) is 14.6. The van der Waals surface area contributed by atoms with Gasteiger partial charge in [-0.25, -0.2) is 19.9 Å². The van der Waals surface area contributed by atoms with Gasteiger partial charge in [-0.1, -0.05) is 6.07 Å². The highest BCUT2D eigenvalue weighted by atomic mass is 16.5. The van der Waals surface area contributed by atoms with E-state index in [0.717, 1.165) is 0 Å². The number of ether oxygens (including phenoxy) is 1. The van der Waals surface area contributed by atoms with E-state index in [9.17, 15) is 4.79 Å². The molecule has 1 aliphatic rings. The van der Waals surface area contributed by atoms with Gasteiger partial charge in [-0.2, -0.15) is 0 Å². The molecule has 4 rings (SSSR count). The number of piperazine rings is 1. The van der Waals surface area contributed by atoms with Crippen LogP contribution in [0.1, 0.15) is 10.4 Å². The van der Waals surface area contributed by atoms with Gasteiger partial charge in [0.05, 0.1) is 0 Å². The van der Waals surface area contributed by atoms with E-state index in [-0.39, 0.29) is 11.9 Å². The summed E-state index contributed by atoms with van der Waals surface area (Å²) < 4.78 is 5.61. The van der Waals surface area contributed by atoms with Gasteiger partial charge in [0.15, 0.2) is 0 Å². The molecule has 1 aliphatic heterocycles. The highest BCUT2D eigenvalue weighted by Crippen LogP contribution is 2.20. The van der Waals surface area contributed by atoms with Crippen LogP contribution in [0.2, 0.25) is 0 Å². The van der Waals surface area contributed by atoms with Gasteiger partial charge in [-0.05, 0) is 30.3 Å². The maximum atomic E-state index is 12.8. The average molecular weight is 362 g/mol. The highest BCUT2D eigenvalue weighted by molar-refractivity contribution is 5.94. The van der Waals surface area contributed by atoms with Gasteiger partial charge in [-0.15, -0.1) is 0 Å². The lowest BCUT2D eigenvalue weighted by Gasteiger charge is -2.34. The molecular formula is C19H18N6O2. The molecule has 1 amide bonds. The Balaban J connectivity index is 1.41. The Kier molecular flexibility index (Phi) is 4.86. The Morgan fingerprint density at radius 1 is 0.852 bits per heavy atom. The molecule has 0 radical (unpaired) electrons. The van der Waals surface area contributed by atoms with Crippen LogP contribution in [0.25, 0.3) is 0 Å². The van der Waals surface area contributed by atoms with Crippen molar-refractivity contribution >= 4 is 11.9 Å². The third-order valence-electron chi connectivity index (χ3n) is 4.23. The van der Waals surface area contributed by atoms with Crippen molar-refractivity contribution < 1.29 is 9.53 Å². The van der Waals surface area contributed by atoms with Crippen LogP contribution < -0.4 is 9.64 Å². The monoisotopic (exact) mass is 362 g/mol. The molecule has 0 N–H and O–H groups in total. The SMILES string of the molecule is O=C(c1cccc(Oc2ncccn2)c1)N1CCN(c2ncccn2)CC1. The van der Waals surface area contributed by atoms with Gasteiger partial charge >= 0.3 is 6.01 Å². The fourth-order valence-electron chi connectivity index (χ4n) is 2.88. The first kappa shape index (κ1) is 16.9. The van der Waals surface area contributed by atoms with Crippen molar-refractivity contribution in [3.05, 3.63) is 66.7 Å². The van der Waals surface area contributed by atoms with E-state index in [2.05, 4.69) is 24.8 Å². The number of rotatable bonds is 4. The Bertz CT molecular complexity index is 898. The molecule has 3 aromatic rings. The molecule has 0 aliphatic carbocycles. The largest absolute Gasteiger partial charge is 0.424 e. The number of carbonyl (C=O) groups excluding carboxylic acids is 1. The second kappa shape index (κ2) is 7.77. The van der Waals surface area contributed by atoms with Crippen molar-refractivity contribution in [2.75, 3.05) is 31.1 Å². The van der Waals surface area contributed by atoms with Crippen molar-refractivity contribution in [3.63, 3.8) is 0 Å². The van der Waals surface area contributed by atoms with Crippen LogP contribution in [0, 0.1) is 0 Å². The van der Waals surface area contributed by atoms with Crippen LogP contribution in [-0.2, 0) is 0 Å². The minimum absolute atomic E-state index is 0.0249. The first-order valence-electron chi connectivity index (χ1n) is 8.66. The topological polar surface area (TPSA) is 84.3 Å². The fraction of sp³-hybridized carbons (Fsp3) is 0.211. The minimum atomic E-state index is -0.0249. The molecule has 1 fully saturated rings. The van der Waals surface area contributed by atoms with Crippen molar-refractivity contribution in [1.29, 1.82) is 0 Å². The molecule has 2 aromatic heterocycles. The molecule has 0 bridgehead atoms. The maximum absolute atomic E-state index is 12.8. The average Bonchev–Trinajstić information content (AvgIpc) is 2.75. The zero-order valence-corrected chi connectivity index (χ0v) is 14.6. The number of nitrogens with zero attached hydrogens (tertiary/aromatic N) is 6. The molecule has 27 heavy (non-hydrogen) atoms. The molecule has 0 unspecified atom stereocenters. The molecule has 8 nitrogen and oxygen atoms in total.